The molecule has 0 unspecified atom stereocenters. The molecule has 68 valence electrons. The molecule has 0 aromatic heterocycles. The zero-order valence-corrected chi connectivity index (χ0v) is 7.60. The Bertz CT molecular complexity index is 322. The first-order chi connectivity index (χ1) is 6.34. The van der Waals surface area contributed by atoms with Crippen LogP contribution in [0.25, 0.3) is 0 Å². The van der Waals surface area contributed by atoms with Gasteiger partial charge in [-0.25, -0.2) is 4.39 Å². The van der Waals surface area contributed by atoms with Crippen LogP contribution in [-0.2, 0) is 6.42 Å². The van der Waals surface area contributed by atoms with Gasteiger partial charge in [0.05, 0.1) is 6.54 Å². The van der Waals surface area contributed by atoms with E-state index in [-0.39, 0.29) is 5.82 Å². The van der Waals surface area contributed by atoms with Crippen molar-refractivity contribution in [2.75, 3.05) is 13.6 Å². The molecule has 0 atom stereocenters. The minimum Gasteiger partial charge on any atom is -0.309 e. The molecule has 0 saturated carbocycles. The lowest BCUT2D eigenvalue weighted by molar-refractivity contribution is 0.615. The zero-order chi connectivity index (χ0) is 9.52. The molecule has 0 spiro atoms. The first kappa shape index (κ1) is 9.76. The lowest BCUT2D eigenvalue weighted by atomic mass is 10.1. The van der Waals surface area contributed by atoms with E-state index in [2.05, 4.69) is 17.2 Å². The third-order valence-corrected chi connectivity index (χ3v) is 1.63. The molecular weight excluding hydrogens is 165 g/mol. The summed E-state index contributed by atoms with van der Waals surface area (Å²) in [6, 6.07) is 6.70. The maximum Gasteiger partial charge on any atom is 0.127 e. The summed E-state index contributed by atoms with van der Waals surface area (Å²) >= 11 is 0. The summed E-state index contributed by atoms with van der Waals surface area (Å²) < 4.78 is 13.0. The number of hydrogen-bond acceptors (Lipinski definition) is 1. The van der Waals surface area contributed by atoms with E-state index in [1.165, 1.54) is 6.07 Å². The van der Waals surface area contributed by atoms with Gasteiger partial charge in [0.1, 0.15) is 5.82 Å². The largest absolute Gasteiger partial charge is 0.309 e. The molecule has 13 heavy (non-hydrogen) atoms. The lowest BCUT2D eigenvalue weighted by Crippen LogP contribution is -2.04. The normalized spacial score (nSPS) is 9.08. The Balaban J connectivity index is 2.56. The van der Waals surface area contributed by atoms with Crippen molar-refractivity contribution in [3.8, 4) is 11.8 Å². The Morgan fingerprint density at radius 2 is 2.08 bits per heavy atom. The van der Waals surface area contributed by atoms with Crippen LogP contribution >= 0.6 is 0 Å². The summed E-state index contributed by atoms with van der Waals surface area (Å²) in [6.07, 6.45) is 0.481. The maximum atomic E-state index is 13.0. The molecule has 1 rings (SSSR count). The van der Waals surface area contributed by atoms with Gasteiger partial charge in [0.25, 0.3) is 0 Å². The van der Waals surface area contributed by atoms with Gasteiger partial charge in [-0.1, -0.05) is 30.0 Å². The van der Waals surface area contributed by atoms with Gasteiger partial charge >= 0.3 is 0 Å². The Morgan fingerprint density at radius 3 is 2.77 bits per heavy atom. The van der Waals surface area contributed by atoms with Crippen LogP contribution in [0, 0.1) is 17.7 Å². The monoisotopic (exact) mass is 177 g/mol. The van der Waals surface area contributed by atoms with Crippen LogP contribution < -0.4 is 5.32 Å². The molecule has 1 N–H and O–H groups in total. The van der Waals surface area contributed by atoms with Crippen molar-refractivity contribution in [3.05, 3.63) is 35.6 Å². The molecule has 0 aliphatic rings. The highest BCUT2D eigenvalue weighted by atomic mass is 19.1. The van der Waals surface area contributed by atoms with Crippen LogP contribution in [0.4, 0.5) is 4.39 Å². The van der Waals surface area contributed by atoms with E-state index in [0.29, 0.717) is 18.5 Å². The van der Waals surface area contributed by atoms with Gasteiger partial charge in [0, 0.05) is 6.42 Å². The minimum absolute atomic E-state index is 0.179. The molecule has 0 saturated heterocycles. The summed E-state index contributed by atoms with van der Waals surface area (Å²) in [5, 5.41) is 2.90. The molecule has 2 heteroatoms. The van der Waals surface area contributed by atoms with E-state index in [1.54, 1.807) is 12.1 Å². The van der Waals surface area contributed by atoms with Crippen LogP contribution in [0.1, 0.15) is 5.56 Å². The van der Waals surface area contributed by atoms with E-state index < -0.39 is 0 Å². The number of benzene rings is 1. The van der Waals surface area contributed by atoms with Crippen molar-refractivity contribution in [2.24, 2.45) is 0 Å². The molecule has 0 fully saturated rings. The van der Waals surface area contributed by atoms with Crippen molar-refractivity contribution >= 4 is 0 Å². The standard InChI is InChI=1S/C11H12FN/c1-13-9-5-4-7-10-6-2-3-8-11(10)12/h2-3,6,8,13H,7,9H2,1H3. The molecular formula is C11H12FN. The van der Waals surface area contributed by atoms with Crippen molar-refractivity contribution < 1.29 is 4.39 Å². The molecule has 0 amide bonds. The SMILES string of the molecule is CNCC#CCc1ccccc1F. The van der Waals surface area contributed by atoms with Gasteiger partial charge in [-0.3, -0.25) is 0 Å². The molecule has 1 aromatic rings. The molecule has 0 aliphatic carbocycles. The van der Waals surface area contributed by atoms with E-state index in [0.717, 1.165) is 0 Å². The third-order valence-electron chi connectivity index (χ3n) is 1.63. The Kier molecular flexibility index (Phi) is 4.01. The number of hydrogen-bond donors (Lipinski definition) is 1. The predicted molar refractivity (Wildman–Crippen MR) is 51.8 cm³/mol. The van der Waals surface area contributed by atoms with Gasteiger partial charge in [-0.05, 0) is 18.7 Å². The number of rotatable bonds is 2. The minimum atomic E-state index is -0.179. The van der Waals surface area contributed by atoms with Crippen LogP contribution in [0.2, 0.25) is 0 Å². The third kappa shape index (κ3) is 3.27. The van der Waals surface area contributed by atoms with Crippen molar-refractivity contribution in [2.45, 2.75) is 6.42 Å². The number of nitrogens with one attached hydrogen (secondary N) is 1. The first-order valence-electron chi connectivity index (χ1n) is 4.18. The fraction of sp³-hybridized carbons (Fsp3) is 0.273. The Morgan fingerprint density at radius 1 is 1.31 bits per heavy atom. The molecule has 0 heterocycles. The number of halogens is 1. The zero-order valence-electron chi connectivity index (χ0n) is 7.60. The average molecular weight is 177 g/mol. The molecule has 0 bridgehead atoms. The predicted octanol–water partition coefficient (Wildman–Crippen LogP) is 1.59. The summed E-state index contributed by atoms with van der Waals surface area (Å²) in [6.45, 7) is 0.647. The highest BCUT2D eigenvalue weighted by Gasteiger charge is 1.96. The van der Waals surface area contributed by atoms with Crippen LogP contribution in [0.3, 0.4) is 0 Å². The van der Waals surface area contributed by atoms with Gasteiger partial charge in [-0.2, -0.15) is 0 Å². The van der Waals surface area contributed by atoms with Crippen LogP contribution in [0.15, 0.2) is 24.3 Å². The Hall–Kier alpha value is -1.33. The molecule has 0 radical (unpaired) electrons. The van der Waals surface area contributed by atoms with Gasteiger partial charge in [-0.15, -0.1) is 0 Å². The summed E-state index contributed by atoms with van der Waals surface area (Å²) in [4.78, 5) is 0. The molecule has 1 aromatic carbocycles. The lowest BCUT2D eigenvalue weighted by Gasteiger charge is -1.95. The van der Waals surface area contributed by atoms with Crippen molar-refractivity contribution in [3.63, 3.8) is 0 Å². The molecule has 0 aliphatic heterocycles. The van der Waals surface area contributed by atoms with Crippen LogP contribution in [-0.4, -0.2) is 13.6 Å². The van der Waals surface area contributed by atoms with Gasteiger partial charge in [0.15, 0.2) is 0 Å². The van der Waals surface area contributed by atoms with Crippen molar-refractivity contribution in [1.82, 2.24) is 5.32 Å². The second-order valence-corrected chi connectivity index (χ2v) is 2.65. The van der Waals surface area contributed by atoms with Crippen LogP contribution in [0.5, 0.6) is 0 Å². The maximum absolute atomic E-state index is 13.0. The van der Waals surface area contributed by atoms with E-state index in [4.69, 9.17) is 0 Å². The molecule has 1 nitrogen and oxygen atoms in total. The fourth-order valence-corrected chi connectivity index (χ4v) is 0.950. The van der Waals surface area contributed by atoms with Gasteiger partial charge < -0.3 is 5.32 Å². The fourth-order valence-electron chi connectivity index (χ4n) is 0.950. The van der Waals surface area contributed by atoms with Gasteiger partial charge in [0.2, 0.25) is 0 Å². The first-order valence-corrected chi connectivity index (χ1v) is 4.18. The van der Waals surface area contributed by atoms with Crippen molar-refractivity contribution in [1.29, 1.82) is 0 Å². The second-order valence-electron chi connectivity index (χ2n) is 2.65. The average Bonchev–Trinajstić information content (AvgIpc) is 2.15. The Labute approximate surface area is 78.0 Å². The summed E-state index contributed by atoms with van der Waals surface area (Å²) in [5.74, 6) is 5.59. The summed E-state index contributed by atoms with van der Waals surface area (Å²) in [7, 11) is 1.83. The highest BCUT2D eigenvalue weighted by molar-refractivity contribution is 5.22. The topological polar surface area (TPSA) is 12.0 Å². The highest BCUT2D eigenvalue weighted by Crippen LogP contribution is 2.05. The smallest absolute Gasteiger partial charge is 0.127 e. The summed E-state index contributed by atoms with van der Waals surface area (Å²) in [5.41, 5.74) is 0.658. The van der Waals surface area contributed by atoms with E-state index in [1.807, 2.05) is 13.1 Å². The van der Waals surface area contributed by atoms with E-state index in [9.17, 15) is 4.39 Å². The van der Waals surface area contributed by atoms with E-state index >= 15 is 0 Å². The quantitative estimate of drug-likeness (QED) is 0.676. The second kappa shape index (κ2) is 5.34.